The summed E-state index contributed by atoms with van der Waals surface area (Å²) in [4.78, 5) is 2.52. The SMILES string of the molecule is CC1(C)c2ccc(N(c3ccc(-c4ccccc4)cc3)c3ccc4c(c3)C3(C5=C4CCC=C5)c4ccccc4-c4ccccc43)cc2C2=CC(C3=CCCC=C3)=CCC21. The molecule has 59 heavy (non-hydrogen) atoms. The lowest BCUT2D eigenvalue weighted by atomic mass is 9.69. The van der Waals surface area contributed by atoms with E-state index in [1.54, 1.807) is 0 Å². The van der Waals surface area contributed by atoms with Gasteiger partial charge in [-0.2, -0.15) is 0 Å². The number of hydrogen-bond donors (Lipinski definition) is 0. The number of rotatable bonds is 5. The van der Waals surface area contributed by atoms with Crippen molar-refractivity contribution in [2.75, 3.05) is 4.90 Å². The fourth-order valence-electron chi connectivity index (χ4n) is 11.7. The summed E-state index contributed by atoms with van der Waals surface area (Å²) >= 11 is 0. The molecule has 6 aromatic carbocycles. The van der Waals surface area contributed by atoms with Crippen LogP contribution in [-0.2, 0) is 10.8 Å². The summed E-state index contributed by atoms with van der Waals surface area (Å²) < 4.78 is 0. The van der Waals surface area contributed by atoms with Crippen LogP contribution in [0.15, 0.2) is 199 Å². The first-order valence-corrected chi connectivity index (χ1v) is 21.7. The van der Waals surface area contributed by atoms with Crippen LogP contribution in [0.1, 0.15) is 79.3 Å². The van der Waals surface area contributed by atoms with Crippen LogP contribution < -0.4 is 4.90 Å². The van der Waals surface area contributed by atoms with E-state index in [0.29, 0.717) is 5.92 Å². The maximum Gasteiger partial charge on any atom is 0.0722 e. The summed E-state index contributed by atoms with van der Waals surface area (Å²) in [5.74, 6) is 0.455. The van der Waals surface area contributed by atoms with E-state index in [1.165, 1.54) is 94.9 Å². The molecule has 0 radical (unpaired) electrons. The summed E-state index contributed by atoms with van der Waals surface area (Å²) in [5, 5.41) is 0. The second kappa shape index (κ2) is 13.0. The van der Waals surface area contributed by atoms with Gasteiger partial charge < -0.3 is 4.90 Å². The molecular formula is C58H47N. The van der Waals surface area contributed by atoms with Crippen LogP contribution in [0.3, 0.4) is 0 Å². The molecule has 6 aliphatic carbocycles. The largest absolute Gasteiger partial charge is 0.310 e. The minimum atomic E-state index is -0.360. The zero-order valence-electron chi connectivity index (χ0n) is 33.9. The van der Waals surface area contributed by atoms with E-state index in [2.05, 4.69) is 201 Å². The van der Waals surface area contributed by atoms with Gasteiger partial charge in [0.05, 0.1) is 5.41 Å². The summed E-state index contributed by atoms with van der Waals surface area (Å²) in [5.41, 5.74) is 24.0. The number of allylic oxidation sites excluding steroid dienone is 12. The van der Waals surface area contributed by atoms with Crippen molar-refractivity contribution in [3.8, 4) is 22.3 Å². The molecule has 284 valence electrons. The van der Waals surface area contributed by atoms with E-state index in [-0.39, 0.29) is 10.8 Å². The summed E-state index contributed by atoms with van der Waals surface area (Å²) in [6.45, 7) is 4.91. The van der Waals surface area contributed by atoms with Crippen LogP contribution in [0.2, 0.25) is 0 Å². The normalized spacial score (nSPS) is 19.6. The van der Waals surface area contributed by atoms with Gasteiger partial charge in [-0.3, -0.25) is 0 Å². The van der Waals surface area contributed by atoms with Crippen molar-refractivity contribution in [3.63, 3.8) is 0 Å². The first-order valence-electron chi connectivity index (χ1n) is 21.7. The molecule has 0 aromatic heterocycles. The molecule has 0 fully saturated rings. The summed E-state index contributed by atoms with van der Waals surface area (Å²) in [6.07, 6.45) is 22.4. The Hall–Kier alpha value is -6.44. The minimum absolute atomic E-state index is 0.0438. The highest BCUT2D eigenvalue weighted by atomic mass is 15.1. The average molecular weight is 758 g/mol. The predicted molar refractivity (Wildman–Crippen MR) is 247 cm³/mol. The third-order valence-electron chi connectivity index (χ3n) is 14.5. The number of nitrogens with zero attached hydrogens (tertiary/aromatic N) is 1. The Kier molecular flexibility index (Phi) is 7.64. The van der Waals surface area contributed by atoms with E-state index in [1.807, 2.05) is 0 Å². The lowest BCUT2D eigenvalue weighted by Crippen LogP contribution is -2.27. The van der Waals surface area contributed by atoms with Crippen LogP contribution in [-0.4, -0.2) is 0 Å². The lowest BCUT2D eigenvalue weighted by molar-refractivity contribution is 0.414. The predicted octanol–water partition coefficient (Wildman–Crippen LogP) is 15.2. The van der Waals surface area contributed by atoms with Crippen molar-refractivity contribution in [2.45, 2.75) is 56.8 Å². The molecule has 12 rings (SSSR count). The standard InChI is InChI=1S/C58H47N/c1-57(2)51-33-27-41(39-17-7-4-8-18-39)35-49(51)50-36-43(31-34-52(50)57)59(42-28-25-40(26-29-42)38-15-5-3-6-16-38)44-30-32-48-47-21-11-14-24-55(47)58(56(48)37-44)53-22-12-9-19-45(53)46-20-10-13-23-54(46)58/h3,5-7,9-10,12-20,22-32,34-37,51H,4,8,11,21,33H2,1-2H3. The van der Waals surface area contributed by atoms with Gasteiger partial charge in [-0.05, 0) is 163 Å². The molecule has 0 saturated carbocycles. The van der Waals surface area contributed by atoms with Gasteiger partial charge in [-0.1, -0.05) is 160 Å². The summed E-state index contributed by atoms with van der Waals surface area (Å²) in [7, 11) is 0. The maximum absolute atomic E-state index is 2.55. The van der Waals surface area contributed by atoms with E-state index < -0.39 is 0 Å². The second-order valence-corrected chi connectivity index (χ2v) is 17.8. The van der Waals surface area contributed by atoms with Crippen molar-refractivity contribution in [2.24, 2.45) is 5.92 Å². The van der Waals surface area contributed by atoms with Gasteiger partial charge in [0.15, 0.2) is 0 Å². The third-order valence-corrected chi connectivity index (χ3v) is 14.5. The fourth-order valence-corrected chi connectivity index (χ4v) is 11.7. The molecule has 1 unspecified atom stereocenters. The fraction of sp³-hybridized carbons (Fsp3) is 0.172. The van der Waals surface area contributed by atoms with Gasteiger partial charge in [0.1, 0.15) is 0 Å². The molecule has 1 atom stereocenters. The average Bonchev–Trinajstić information content (AvgIpc) is 3.85. The summed E-state index contributed by atoms with van der Waals surface area (Å²) in [6, 6.07) is 53.0. The van der Waals surface area contributed by atoms with E-state index in [9.17, 15) is 0 Å². The van der Waals surface area contributed by atoms with E-state index in [4.69, 9.17) is 0 Å². The molecule has 6 aromatic rings. The Balaban J connectivity index is 1.06. The van der Waals surface area contributed by atoms with Crippen molar-refractivity contribution in [1.82, 2.24) is 0 Å². The second-order valence-electron chi connectivity index (χ2n) is 17.8. The molecule has 6 aliphatic rings. The number of benzene rings is 6. The highest BCUT2D eigenvalue weighted by molar-refractivity contribution is 5.97. The number of hydrogen-bond acceptors (Lipinski definition) is 1. The van der Waals surface area contributed by atoms with Gasteiger partial charge >= 0.3 is 0 Å². The molecule has 0 aliphatic heterocycles. The molecule has 0 amide bonds. The first-order chi connectivity index (χ1) is 29.0. The molecule has 1 nitrogen and oxygen atoms in total. The van der Waals surface area contributed by atoms with Crippen molar-refractivity contribution < 1.29 is 0 Å². The van der Waals surface area contributed by atoms with Crippen LogP contribution in [0.5, 0.6) is 0 Å². The monoisotopic (exact) mass is 757 g/mol. The van der Waals surface area contributed by atoms with Gasteiger partial charge in [0.2, 0.25) is 0 Å². The van der Waals surface area contributed by atoms with Crippen molar-refractivity contribution >= 4 is 28.2 Å². The highest BCUT2D eigenvalue weighted by Crippen LogP contribution is 2.64. The Bertz CT molecular complexity index is 2880. The maximum atomic E-state index is 2.55. The van der Waals surface area contributed by atoms with Gasteiger partial charge in [0, 0.05) is 17.1 Å². The Morgan fingerprint density at radius 2 is 1.19 bits per heavy atom. The Morgan fingerprint density at radius 3 is 1.95 bits per heavy atom. The van der Waals surface area contributed by atoms with Crippen LogP contribution in [0.25, 0.3) is 33.4 Å². The molecule has 0 bridgehead atoms. The molecule has 0 N–H and O–H groups in total. The molecule has 0 heterocycles. The van der Waals surface area contributed by atoms with Gasteiger partial charge in [-0.15, -0.1) is 0 Å². The quantitative estimate of drug-likeness (QED) is 0.169. The molecule has 1 heteroatoms. The van der Waals surface area contributed by atoms with Gasteiger partial charge in [0.25, 0.3) is 0 Å². The Labute approximate surface area is 348 Å². The molecule has 0 saturated heterocycles. The van der Waals surface area contributed by atoms with Crippen molar-refractivity contribution in [3.05, 3.63) is 232 Å². The first kappa shape index (κ1) is 34.6. The van der Waals surface area contributed by atoms with E-state index in [0.717, 1.165) is 37.8 Å². The van der Waals surface area contributed by atoms with Crippen LogP contribution >= 0.6 is 0 Å². The van der Waals surface area contributed by atoms with Crippen molar-refractivity contribution in [1.29, 1.82) is 0 Å². The number of anilines is 3. The van der Waals surface area contributed by atoms with E-state index >= 15 is 0 Å². The topological polar surface area (TPSA) is 3.24 Å². The smallest absolute Gasteiger partial charge is 0.0722 e. The number of fused-ring (bicyclic) bond motifs is 12. The minimum Gasteiger partial charge on any atom is -0.310 e. The third kappa shape index (κ3) is 4.97. The Morgan fingerprint density at radius 1 is 0.508 bits per heavy atom. The highest BCUT2D eigenvalue weighted by Gasteiger charge is 2.52. The van der Waals surface area contributed by atoms with Crippen LogP contribution in [0, 0.1) is 5.92 Å². The van der Waals surface area contributed by atoms with Crippen LogP contribution in [0.4, 0.5) is 17.1 Å². The lowest BCUT2D eigenvalue weighted by Gasteiger charge is -2.33. The zero-order chi connectivity index (χ0) is 39.3. The van der Waals surface area contributed by atoms with Gasteiger partial charge in [-0.25, -0.2) is 0 Å². The molecular weight excluding hydrogens is 711 g/mol. The zero-order valence-corrected chi connectivity index (χ0v) is 33.9. The molecule has 1 spiro atoms.